The number of aromatic amines is 1. The van der Waals surface area contributed by atoms with Crippen LogP contribution in [0.2, 0.25) is 0 Å². The normalized spacial score (nSPS) is 20.0. The van der Waals surface area contributed by atoms with Crippen LogP contribution in [0.3, 0.4) is 0 Å². The van der Waals surface area contributed by atoms with Crippen molar-refractivity contribution in [3.8, 4) is 0 Å². The first-order chi connectivity index (χ1) is 10.8. The highest BCUT2D eigenvalue weighted by atomic mass is 35.5. The fraction of sp³-hybridized carbons (Fsp3) is 0.438. The topological polar surface area (TPSA) is 73.9 Å². The quantitative estimate of drug-likeness (QED) is 0.873. The fourth-order valence-corrected chi connectivity index (χ4v) is 3.45. The van der Waals surface area contributed by atoms with Crippen molar-refractivity contribution in [3.05, 3.63) is 47.0 Å². The van der Waals surface area contributed by atoms with E-state index in [1.54, 1.807) is 6.20 Å². The second kappa shape index (κ2) is 6.68. The number of hydrogen-bond acceptors (Lipinski definition) is 4. The Morgan fingerprint density at radius 1 is 1.35 bits per heavy atom. The summed E-state index contributed by atoms with van der Waals surface area (Å²) in [6.45, 7) is 2.26. The summed E-state index contributed by atoms with van der Waals surface area (Å²) < 4.78 is 0. The summed E-state index contributed by atoms with van der Waals surface area (Å²) in [5, 5.41) is 10.7. The first-order valence-electron chi connectivity index (χ1n) is 7.82. The lowest BCUT2D eigenvalue weighted by Gasteiger charge is -2.36. The van der Waals surface area contributed by atoms with Crippen molar-refractivity contribution in [2.75, 3.05) is 19.6 Å². The van der Waals surface area contributed by atoms with Crippen LogP contribution >= 0.6 is 12.4 Å². The number of hydrogen-bond donors (Lipinski definition) is 2. The minimum atomic E-state index is 0. The molecule has 23 heavy (non-hydrogen) atoms. The van der Waals surface area contributed by atoms with Crippen molar-refractivity contribution < 1.29 is 4.79 Å². The standard InChI is InChI=1S/C16H19N5O.ClH/c22-16(15-12-4-1-5-13(12)19-20-15)21-8-7-18-10-14(21)11-3-2-6-17-9-11;/h2-3,6,9,14,18H,1,4-5,7-8,10H2,(H,19,20);1H. The van der Waals surface area contributed by atoms with E-state index >= 15 is 0 Å². The molecule has 4 rings (SSSR count). The van der Waals surface area contributed by atoms with E-state index in [0.29, 0.717) is 12.2 Å². The van der Waals surface area contributed by atoms with Gasteiger partial charge in [0.1, 0.15) is 0 Å². The number of aryl methyl sites for hydroxylation is 1. The highest BCUT2D eigenvalue weighted by molar-refractivity contribution is 5.94. The lowest BCUT2D eigenvalue weighted by molar-refractivity contribution is 0.0626. The van der Waals surface area contributed by atoms with Crippen LogP contribution < -0.4 is 5.32 Å². The highest BCUT2D eigenvalue weighted by Gasteiger charge is 2.32. The summed E-state index contributed by atoms with van der Waals surface area (Å²) in [4.78, 5) is 19.1. The van der Waals surface area contributed by atoms with Gasteiger partial charge in [-0.25, -0.2) is 0 Å². The number of aromatic nitrogens is 3. The Morgan fingerprint density at radius 3 is 3.09 bits per heavy atom. The molecule has 1 atom stereocenters. The van der Waals surface area contributed by atoms with Crippen molar-refractivity contribution in [1.29, 1.82) is 0 Å². The van der Waals surface area contributed by atoms with Crippen molar-refractivity contribution in [2.45, 2.75) is 25.3 Å². The van der Waals surface area contributed by atoms with Crippen molar-refractivity contribution in [3.63, 3.8) is 0 Å². The molecule has 2 N–H and O–H groups in total. The van der Waals surface area contributed by atoms with Gasteiger partial charge in [0.25, 0.3) is 5.91 Å². The van der Waals surface area contributed by atoms with Gasteiger partial charge in [0.15, 0.2) is 5.69 Å². The molecular weight excluding hydrogens is 314 g/mol. The fourth-order valence-electron chi connectivity index (χ4n) is 3.45. The minimum absolute atomic E-state index is 0. The molecule has 1 fully saturated rings. The van der Waals surface area contributed by atoms with Crippen LogP contribution in [0.15, 0.2) is 24.5 Å². The van der Waals surface area contributed by atoms with Crippen LogP contribution in [0.4, 0.5) is 0 Å². The Bertz CT molecular complexity index is 687. The summed E-state index contributed by atoms with van der Waals surface area (Å²) in [6.07, 6.45) is 6.66. The molecule has 6 nitrogen and oxygen atoms in total. The van der Waals surface area contributed by atoms with Crippen LogP contribution in [0.5, 0.6) is 0 Å². The van der Waals surface area contributed by atoms with Gasteiger partial charge in [-0.05, 0) is 30.9 Å². The summed E-state index contributed by atoms with van der Waals surface area (Å²) in [6, 6.07) is 3.96. The molecule has 1 aliphatic carbocycles. The summed E-state index contributed by atoms with van der Waals surface area (Å²) in [5.74, 6) is 0.0368. The molecule has 1 unspecified atom stereocenters. The van der Waals surface area contributed by atoms with Crippen LogP contribution in [0.25, 0.3) is 0 Å². The predicted molar refractivity (Wildman–Crippen MR) is 88.7 cm³/mol. The molecule has 2 aromatic rings. The summed E-state index contributed by atoms with van der Waals surface area (Å²) in [7, 11) is 0. The number of halogens is 1. The Kier molecular flexibility index (Phi) is 4.63. The van der Waals surface area contributed by atoms with Crippen LogP contribution in [-0.4, -0.2) is 45.6 Å². The lowest BCUT2D eigenvalue weighted by Crippen LogP contribution is -2.49. The first-order valence-corrected chi connectivity index (χ1v) is 7.82. The molecular formula is C16H20ClN5O. The van der Waals surface area contributed by atoms with E-state index in [2.05, 4.69) is 20.5 Å². The molecule has 7 heteroatoms. The smallest absolute Gasteiger partial charge is 0.275 e. The average molecular weight is 334 g/mol. The highest BCUT2D eigenvalue weighted by Crippen LogP contribution is 2.27. The van der Waals surface area contributed by atoms with Crippen LogP contribution in [0.1, 0.15) is 39.8 Å². The van der Waals surface area contributed by atoms with Crippen LogP contribution in [0, 0.1) is 0 Å². The number of piperazine rings is 1. The monoisotopic (exact) mass is 333 g/mol. The number of nitrogens with one attached hydrogen (secondary N) is 2. The molecule has 1 aliphatic heterocycles. The van der Waals surface area contributed by atoms with Gasteiger partial charge in [-0.1, -0.05) is 6.07 Å². The number of pyridine rings is 1. The maximum absolute atomic E-state index is 13.0. The van der Waals surface area contributed by atoms with E-state index in [1.807, 2.05) is 23.2 Å². The second-order valence-corrected chi connectivity index (χ2v) is 5.89. The molecule has 0 spiro atoms. The zero-order chi connectivity index (χ0) is 14.9. The van der Waals surface area contributed by atoms with E-state index in [0.717, 1.165) is 49.2 Å². The van der Waals surface area contributed by atoms with Gasteiger partial charge in [-0.2, -0.15) is 5.10 Å². The van der Waals surface area contributed by atoms with Crippen LogP contribution in [-0.2, 0) is 12.8 Å². The third kappa shape index (κ3) is 2.84. The van der Waals surface area contributed by atoms with E-state index in [-0.39, 0.29) is 24.4 Å². The SMILES string of the molecule is Cl.O=C(c1n[nH]c2c1CCC2)N1CCNCC1c1cccnc1. The molecule has 0 saturated carbocycles. The lowest BCUT2D eigenvalue weighted by atomic mass is 10.0. The zero-order valence-electron chi connectivity index (χ0n) is 12.8. The van der Waals surface area contributed by atoms with Gasteiger partial charge in [-0.3, -0.25) is 14.9 Å². The Labute approximate surface area is 141 Å². The minimum Gasteiger partial charge on any atom is -0.328 e. The van der Waals surface area contributed by atoms with Gasteiger partial charge in [-0.15, -0.1) is 12.4 Å². The molecule has 1 amide bonds. The number of nitrogens with zero attached hydrogens (tertiary/aromatic N) is 3. The number of fused-ring (bicyclic) bond motifs is 1. The number of carbonyl (C=O) groups is 1. The first kappa shape index (κ1) is 16.0. The molecule has 2 aromatic heterocycles. The molecule has 1 saturated heterocycles. The second-order valence-electron chi connectivity index (χ2n) is 5.89. The Morgan fingerprint density at radius 2 is 2.26 bits per heavy atom. The Balaban J connectivity index is 0.00000156. The molecule has 122 valence electrons. The van der Waals surface area contributed by atoms with E-state index in [1.165, 1.54) is 0 Å². The van der Waals surface area contributed by atoms with Gasteiger partial charge in [0, 0.05) is 43.3 Å². The molecule has 0 bridgehead atoms. The van der Waals surface area contributed by atoms with Gasteiger partial charge < -0.3 is 10.2 Å². The Hall–Kier alpha value is -1.92. The molecule has 0 aromatic carbocycles. The van der Waals surface area contributed by atoms with Crippen molar-refractivity contribution >= 4 is 18.3 Å². The van der Waals surface area contributed by atoms with Crippen molar-refractivity contribution in [1.82, 2.24) is 25.4 Å². The van der Waals surface area contributed by atoms with Gasteiger partial charge >= 0.3 is 0 Å². The molecule has 0 radical (unpaired) electrons. The summed E-state index contributed by atoms with van der Waals surface area (Å²) >= 11 is 0. The summed E-state index contributed by atoms with van der Waals surface area (Å²) in [5.41, 5.74) is 3.93. The maximum atomic E-state index is 13.0. The average Bonchev–Trinajstić information content (AvgIpc) is 3.18. The number of amides is 1. The van der Waals surface area contributed by atoms with Gasteiger partial charge in [0.05, 0.1) is 6.04 Å². The zero-order valence-corrected chi connectivity index (χ0v) is 13.6. The van der Waals surface area contributed by atoms with E-state index in [9.17, 15) is 4.79 Å². The third-order valence-electron chi connectivity index (χ3n) is 4.58. The molecule has 3 heterocycles. The number of rotatable bonds is 2. The van der Waals surface area contributed by atoms with Gasteiger partial charge in [0.2, 0.25) is 0 Å². The maximum Gasteiger partial charge on any atom is 0.275 e. The third-order valence-corrected chi connectivity index (χ3v) is 4.58. The largest absolute Gasteiger partial charge is 0.328 e. The van der Waals surface area contributed by atoms with E-state index < -0.39 is 0 Å². The van der Waals surface area contributed by atoms with E-state index in [4.69, 9.17) is 0 Å². The number of carbonyl (C=O) groups excluding carboxylic acids is 1. The number of H-pyrrole nitrogens is 1. The molecule has 2 aliphatic rings. The van der Waals surface area contributed by atoms with Crippen molar-refractivity contribution in [2.24, 2.45) is 0 Å². The predicted octanol–water partition coefficient (Wildman–Crippen LogP) is 1.50.